The van der Waals surface area contributed by atoms with Crippen LogP contribution in [0.2, 0.25) is 0 Å². The maximum absolute atomic E-state index is 2.39. The number of hydrogen-bond acceptors (Lipinski definition) is 2. The van der Waals surface area contributed by atoms with Crippen LogP contribution in [0.25, 0.3) is 53.2 Å². The largest absolute Gasteiger partial charge is 0.309 e. The molecule has 1 aromatic heterocycles. The van der Waals surface area contributed by atoms with Crippen molar-refractivity contribution < 1.29 is 0 Å². The fourth-order valence-corrected chi connectivity index (χ4v) is 7.24. The van der Waals surface area contributed by atoms with Gasteiger partial charge in [0.2, 0.25) is 0 Å². The van der Waals surface area contributed by atoms with Crippen molar-refractivity contribution in [3.05, 3.63) is 164 Å². The topological polar surface area (TPSA) is 3.24 Å². The minimum absolute atomic E-state index is 1.14. The smallest absolute Gasteiger partial charge is 0.0640 e. The highest BCUT2D eigenvalue weighted by molar-refractivity contribution is 7.26. The highest BCUT2D eigenvalue weighted by Crippen LogP contribution is 2.45. The molecule has 8 rings (SSSR count). The van der Waals surface area contributed by atoms with Gasteiger partial charge in [-0.3, -0.25) is 0 Å². The summed E-state index contributed by atoms with van der Waals surface area (Å²) in [6.07, 6.45) is 0. The lowest BCUT2D eigenvalue weighted by Crippen LogP contribution is -2.09. The Bertz CT molecular complexity index is 2180. The van der Waals surface area contributed by atoms with Crippen molar-refractivity contribution >= 4 is 59.3 Å². The summed E-state index contributed by atoms with van der Waals surface area (Å²) in [6, 6.07) is 59.1. The fraction of sp³-hybridized carbons (Fsp3) is 0. The normalized spacial score (nSPS) is 11.3. The van der Waals surface area contributed by atoms with E-state index in [-0.39, 0.29) is 0 Å². The van der Waals surface area contributed by atoms with Crippen LogP contribution in [0, 0.1) is 0 Å². The van der Waals surface area contributed by atoms with E-state index in [2.05, 4.69) is 169 Å². The fourth-order valence-electron chi connectivity index (χ4n) is 6.04. The second kappa shape index (κ2) is 10.3. The van der Waals surface area contributed by atoms with Crippen LogP contribution >= 0.6 is 11.3 Å². The van der Waals surface area contributed by atoms with Gasteiger partial charge in [0.25, 0.3) is 0 Å². The number of rotatable bonds is 5. The quantitative estimate of drug-likeness (QED) is 0.205. The first-order valence-electron chi connectivity index (χ1n) is 14.3. The molecular formula is C40H27NS. The number of fused-ring (bicyclic) bond motifs is 4. The van der Waals surface area contributed by atoms with Gasteiger partial charge in [-0.25, -0.2) is 0 Å². The monoisotopic (exact) mass is 553 g/mol. The summed E-state index contributed by atoms with van der Waals surface area (Å²) in [4.78, 5) is 2.39. The molecule has 42 heavy (non-hydrogen) atoms. The highest BCUT2D eigenvalue weighted by Gasteiger charge is 2.18. The Labute approximate surface area is 249 Å². The molecule has 0 saturated heterocycles. The lowest BCUT2D eigenvalue weighted by molar-refractivity contribution is 1.30. The van der Waals surface area contributed by atoms with E-state index in [0.29, 0.717) is 0 Å². The van der Waals surface area contributed by atoms with Gasteiger partial charge < -0.3 is 4.90 Å². The van der Waals surface area contributed by atoms with E-state index in [9.17, 15) is 0 Å². The summed E-state index contributed by atoms with van der Waals surface area (Å²) >= 11 is 1.86. The zero-order chi connectivity index (χ0) is 27.9. The van der Waals surface area contributed by atoms with Gasteiger partial charge in [0, 0.05) is 26.8 Å². The van der Waals surface area contributed by atoms with Crippen molar-refractivity contribution in [2.24, 2.45) is 0 Å². The molecule has 0 bridgehead atoms. The summed E-state index contributed by atoms with van der Waals surface area (Å²) in [5.74, 6) is 0. The molecule has 7 aromatic carbocycles. The average molecular weight is 554 g/mol. The summed E-state index contributed by atoms with van der Waals surface area (Å²) in [5.41, 5.74) is 8.40. The first-order valence-corrected chi connectivity index (χ1v) is 15.1. The maximum atomic E-state index is 2.39. The number of hydrogen-bond donors (Lipinski definition) is 0. The van der Waals surface area contributed by atoms with Crippen LogP contribution < -0.4 is 4.90 Å². The number of benzene rings is 7. The lowest BCUT2D eigenvalue weighted by atomic mass is 9.91. The summed E-state index contributed by atoms with van der Waals surface area (Å²) < 4.78 is 2.61. The molecule has 1 heterocycles. The van der Waals surface area contributed by atoms with Crippen molar-refractivity contribution in [1.82, 2.24) is 0 Å². The Hall–Kier alpha value is -5.18. The molecule has 0 aliphatic heterocycles. The zero-order valence-electron chi connectivity index (χ0n) is 22.9. The second-order valence-corrected chi connectivity index (χ2v) is 11.6. The van der Waals surface area contributed by atoms with Crippen molar-refractivity contribution in [2.45, 2.75) is 0 Å². The van der Waals surface area contributed by atoms with E-state index in [1.165, 1.54) is 58.9 Å². The molecule has 1 nitrogen and oxygen atoms in total. The molecule has 0 unspecified atom stereocenters. The first kappa shape index (κ1) is 24.6. The minimum atomic E-state index is 1.14. The molecule has 0 atom stereocenters. The number of para-hydroxylation sites is 1. The Morgan fingerprint density at radius 1 is 0.405 bits per heavy atom. The van der Waals surface area contributed by atoms with E-state index >= 15 is 0 Å². The van der Waals surface area contributed by atoms with E-state index < -0.39 is 0 Å². The second-order valence-electron chi connectivity index (χ2n) is 10.6. The van der Waals surface area contributed by atoms with Gasteiger partial charge in [0.05, 0.1) is 10.4 Å². The molecule has 0 aliphatic rings. The van der Waals surface area contributed by atoms with Crippen molar-refractivity contribution in [2.75, 3.05) is 4.90 Å². The average Bonchev–Trinajstić information content (AvgIpc) is 3.45. The zero-order valence-corrected chi connectivity index (χ0v) is 23.8. The van der Waals surface area contributed by atoms with E-state index in [1.807, 2.05) is 11.3 Å². The van der Waals surface area contributed by atoms with Crippen LogP contribution in [-0.2, 0) is 0 Å². The van der Waals surface area contributed by atoms with E-state index in [0.717, 1.165) is 11.4 Å². The van der Waals surface area contributed by atoms with Crippen LogP contribution in [0.5, 0.6) is 0 Å². The Morgan fingerprint density at radius 3 is 1.67 bits per heavy atom. The van der Waals surface area contributed by atoms with Crippen molar-refractivity contribution in [1.29, 1.82) is 0 Å². The highest BCUT2D eigenvalue weighted by atomic mass is 32.1. The molecule has 198 valence electrons. The summed E-state index contributed by atoms with van der Waals surface area (Å²) in [6.45, 7) is 0. The van der Waals surface area contributed by atoms with Crippen LogP contribution in [-0.4, -0.2) is 0 Å². The third-order valence-corrected chi connectivity index (χ3v) is 9.26. The first-order chi connectivity index (χ1) is 20.8. The molecule has 0 aliphatic carbocycles. The number of thiophene rings is 1. The summed E-state index contributed by atoms with van der Waals surface area (Å²) in [5, 5.41) is 5.11. The standard InChI is InChI=1S/C40H27NS/c1-3-12-28(13-4-1)36-26-30-14-7-8-15-31(30)27-37(36)29-22-24-33(25-23-29)41(32-16-5-2-6-17-32)38-20-11-19-35-34-18-9-10-21-39(34)42-40(35)38/h1-27H. The Balaban J connectivity index is 1.29. The van der Waals surface area contributed by atoms with Gasteiger partial charge in [0.15, 0.2) is 0 Å². The van der Waals surface area contributed by atoms with Gasteiger partial charge in [-0.05, 0) is 81.6 Å². The minimum Gasteiger partial charge on any atom is -0.309 e. The van der Waals surface area contributed by atoms with Crippen molar-refractivity contribution in [3.8, 4) is 22.3 Å². The molecule has 0 spiro atoms. The van der Waals surface area contributed by atoms with Crippen molar-refractivity contribution in [3.63, 3.8) is 0 Å². The van der Waals surface area contributed by atoms with Gasteiger partial charge in [-0.1, -0.05) is 115 Å². The van der Waals surface area contributed by atoms with E-state index in [4.69, 9.17) is 0 Å². The van der Waals surface area contributed by atoms with E-state index in [1.54, 1.807) is 0 Å². The SMILES string of the molecule is c1ccc(-c2cc3ccccc3cc2-c2ccc(N(c3ccccc3)c3cccc4c3sc3ccccc34)cc2)cc1. The van der Waals surface area contributed by atoms with Crippen LogP contribution in [0.15, 0.2) is 164 Å². The lowest BCUT2D eigenvalue weighted by Gasteiger charge is -2.26. The summed E-state index contributed by atoms with van der Waals surface area (Å²) in [7, 11) is 0. The van der Waals surface area contributed by atoms with Gasteiger partial charge in [-0.2, -0.15) is 0 Å². The molecule has 0 saturated carbocycles. The Kier molecular flexibility index (Phi) is 6.05. The van der Waals surface area contributed by atoms with Crippen LogP contribution in [0.1, 0.15) is 0 Å². The van der Waals surface area contributed by atoms with Crippen LogP contribution in [0.4, 0.5) is 17.1 Å². The van der Waals surface area contributed by atoms with Gasteiger partial charge >= 0.3 is 0 Å². The van der Waals surface area contributed by atoms with Gasteiger partial charge in [0.1, 0.15) is 0 Å². The molecule has 8 aromatic rings. The predicted molar refractivity (Wildman–Crippen MR) is 182 cm³/mol. The van der Waals surface area contributed by atoms with Crippen LogP contribution in [0.3, 0.4) is 0 Å². The Morgan fingerprint density at radius 2 is 0.952 bits per heavy atom. The maximum Gasteiger partial charge on any atom is 0.0640 e. The molecule has 0 amide bonds. The van der Waals surface area contributed by atoms with Gasteiger partial charge in [-0.15, -0.1) is 11.3 Å². The number of nitrogens with zero attached hydrogens (tertiary/aromatic N) is 1. The third kappa shape index (κ3) is 4.25. The predicted octanol–water partition coefficient (Wildman–Crippen LogP) is 12.0. The molecule has 0 fully saturated rings. The molecule has 0 radical (unpaired) electrons. The molecule has 2 heteroatoms. The number of anilines is 3. The molecular weight excluding hydrogens is 527 g/mol. The third-order valence-electron chi connectivity index (χ3n) is 8.05. The molecule has 0 N–H and O–H groups in total.